The molecule has 2 atom stereocenters. The van der Waals surface area contributed by atoms with Crippen molar-refractivity contribution in [1.29, 1.82) is 0 Å². The van der Waals surface area contributed by atoms with Crippen LogP contribution in [0.5, 0.6) is 0 Å². The summed E-state index contributed by atoms with van der Waals surface area (Å²) < 4.78 is 5.56. The Kier molecular flexibility index (Phi) is 6.57. The third-order valence-corrected chi connectivity index (χ3v) is 3.63. The summed E-state index contributed by atoms with van der Waals surface area (Å²) >= 11 is 0. The third-order valence-electron chi connectivity index (χ3n) is 3.63. The van der Waals surface area contributed by atoms with Gasteiger partial charge in [-0.15, -0.1) is 0 Å². The van der Waals surface area contributed by atoms with Gasteiger partial charge in [0.15, 0.2) is 0 Å². The molecule has 1 aliphatic heterocycles. The average molecular weight is 258 g/mol. The first-order valence-corrected chi connectivity index (χ1v) is 7.11. The largest absolute Gasteiger partial charge is 0.390 e. The second kappa shape index (κ2) is 7.43. The van der Waals surface area contributed by atoms with E-state index in [1.54, 1.807) is 7.11 Å². The minimum atomic E-state index is -0.289. The Morgan fingerprint density at radius 2 is 2.11 bits per heavy atom. The molecule has 4 heteroatoms. The Bertz CT molecular complexity index is 236. The second-order valence-corrected chi connectivity index (χ2v) is 6.20. The molecule has 0 saturated carbocycles. The monoisotopic (exact) mass is 258 g/mol. The summed E-state index contributed by atoms with van der Waals surface area (Å²) in [5.74, 6) is 0.629. The number of methoxy groups -OCH3 is 1. The Balaban J connectivity index is 2.24. The molecule has 108 valence electrons. The lowest BCUT2D eigenvalue weighted by molar-refractivity contribution is -0.0582. The number of nitrogens with one attached hydrogen (secondary N) is 1. The number of hydrogen-bond acceptors (Lipinski definition) is 4. The van der Waals surface area contributed by atoms with E-state index >= 15 is 0 Å². The smallest absolute Gasteiger partial charge is 0.0791 e. The van der Waals surface area contributed by atoms with E-state index in [0.717, 1.165) is 39.0 Å². The highest BCUT2D eigenvalue weighted by Gasteiger charge is 2.31. The van der Waals surface area contributed by atoms with Crippen LogP contribution in [0.3, 0.4) is 0 Å². The van der Waals surface area contributed by atoms with Crippen LogP contribution < -0.4 is 5.32 Å². The number of nitrogens with zero attached hydrogens (tertiary/aromatic N) is 1. The molecule has 0 bridgehead atoms. The lowest BCUT2D eigenvalue weighted by atomic mass is 9.94. The van der Waals surface area contributed by atoms with E-state index < -0.39 is 0 Å². The van der Waals surface area contributed by atoms with Gasteiger partial charge in [-0.05, 0) is 38.8 Å². The van der Waals surface area contributed by atoms with Crippen LogP contribution in [0.15, 0.2) is 0 Å². The van der Waals surface area contributed by atoms with Gasteiger partial charge in [-0.3, -0.25) is 4.90 Å². The molecule has 4 nitrogen and oxygen atoms in total. The Labute approximate surface area is 112 Å². The van der Waals surface area contributed by atoms with Crippen molar-refractivity contribution in [3.05, 3.63) is 0 Å². The first kappa shape index (κ1) is 15.9. The van der Waals surface area contributed by atoms with E-state index in [9.17, 15) is 5.11 Å². The molecule has 0 radical (unpaired) electrons. The zero-order valence-corrected chi connectivity index (χ0v) is 12.4. The van der Waals surface area contributed by atoms with Crippen molar-refractivity contribution in [2.24, 2.45) is 5.92 Å². The highest BCUT2D eigenvalue weighted by Crippen LogP contribution is 2.23. The zero-order valence-electron chi connectivity index (χ0n) is 12.4. The van der Waals surface area contributed by atoms with Crippen LogP contribution in [0.4, 0.5) is 0 Å². The lowest BCUT2D eigenvalue weighted by Crippen LogP contribution is -2.50. The summed E-state index contributed by atoms with van der Waals surface area (Å²) in [6.45, 7) is 10.9. The first-order valence-electron chi connectivity index (χ1n) is 7.11. The maximum absolute atomic E-state index is 10.0. The summed E-state index contributed by atoms with van der Waals surface area (Å²) in [5.41, 5.74) is -0.0384. The van der Waals surface area contributed by atoms with Crippen LogP contribution in [0, 0.1) is 5.92 Å². The van der Waals surface area contributed by atoms with Crippen LogP contribution in [0.1, 0.15) is 33.6 Å². The van der Waals surface area contributed by atoms with Crippen LogP contribution in [-0.2, 0) is 4.74 Å². The van der Waals surface area contributed by atoms with E-state index in [0.29, 0.717) is 12.5 Å². The Hall–Kier alpha value is -0.160. The number of rotatable bonds is 7. The van der Waals surface area contributed by atoms with Gasteiger partial charge >= 0.3 is 0 Å². The maximum atomic E-state index is 10.0. The van der Waals surface area contributed by atoms with Gasteiger partial charge < -0.3 is 15.2 Å². The second-order valence-electron chi connectivity index (χ2n) is 6.20. The molecule has 1 heterocycles. The van der Waals surface area contributed by atoms with Gasteiger partial charge in [0.1, 0.15) is 0 Å². The topological polar surface area (TPSA) is 44.7 Å². The van der Waals surface area contributed by atoms with Gasteiger partial charge in [0.05, 0.1) is 11.7 Å². The average Bonchev–Trinajstić information content (AvgIpc) is 2.28. The molecule has 0 aromatic rings. The number of β-amino-alcohol motifs (C(OH)–C–C–N with tert-alkyl or cyclic N) is 1. The zero-order chi connectivity index (χ0) is 13.6. The molecule has 1 fully saturated rings. The van der Waals surface area contributed by atoms with Crippen molar-refractivity contribution in [3.8, 4) is 0 Å². The highest BCUT2D eigenvalue weighted by molar-refractivity contribution is 4.85. The lowest BCUT2D eigenvalue weighted by Gasteiger charge is -2.40. The fourth-order valence-corrected chi connectivity index (χ4v) is 2.53. The van der Waals surface area contributed by atoms with Gasteiger partial charge in [-0.25, -0.2) is 0 Å². The fraction of sp³-hybridized carbons (Fsp3) is 1.00. The summed E-state index contributed by atoms with van der Waals surface area (Å²) in [5, 5.41) is 13.3. The molecule has 1 rings (SSSR count). The normalized spacial score (nSPS) is 27.7. The summed E-state index contributed by atoms with van der Waals surface area (Å²) in [4.78, 5) is 2.31. The standard InChI is InChI=1S/C14H30N2O2/c1-12(2)8-15-9-13(17)10-16-7-5-6-14(3,11-16)18-4/h12-13,15,17H,5-11H2,1-4H3. The van der Waals surface area contributed by atoms with E-state index in [1.807, 2.05) is 0 Å². The van der Waals surface area contributed by atoms with Gasteiger partial charge in [0, 0.05) is 26.7 Å². The number of aliphatic hydroxyl groups is 1. The molecule has 1 aliphatic rings. The summed E-state index contributed by atoms with van der Waals surface area (Å²) in [6, 6.07) is 0. The van der Waals surface area contributed by atoms with Gasteiger partial charge in [0.2, 0.25) is 0 Å². The summed E-state index contributed by atoms with van der Waals surface area (Å²) in [6.07, 6.45) is 1.97. The number of aliphatic hydroxyl groups excluding tert-OH is 1. The van der Waals surface area contributed by atoms with Crippen LogP contribution >= 0.6 is 0 Å². The van der Waals surface area contributed by atoms with Crippen molar-refractivity contribution in [3.63, 3.8) is 0 Å². The van der Waals surface area contributed by atoms with Gasteiger partial charge in [-0.2, -0.15) is 0 Å². The SMILES string of the molecule is COC1(C)CCCN(CC(O)CNCC(C)C)C1. The molecule has 18 heavy (non-hydrogen) atoms. The first-order chi connectivity index (χ1) is 8.45. The molecule has 0 spiro atoms. The number of likely N-dealkylation sites (tertiary alicyclic amines) is 1. The predicted molar refractivity (Wildman–Crippen MR) is 74.8 cm³/mol. The van der Waals surface area contributed by atoms with Crippen molar-refractivity contribution in [2.45, 2.75) is 45.3 Å². The van der Waals surface area contributed by atoms with Crippen molar-refractivity contribution in [2.75, 3.05) is 39.8 Å². The fourth-order valence-electron chi connectivity index (χ4n) is 2.53. The molecule has 0 aromatic heterocycles. The van der Waals surface area contributed by atoms with E-state index in [1.165, 1.54) is 0 Å². The minimum absolute atomic E-state index is 0.0384. The molecule has 0 amide bonds. The van der Waals surface area contributed by atoms with Gasteiger partial charge in [-0.1, -0.05) is 13.8 Å². The molecule has 0 aromatic carbocycles. The predicted octanol–water partition coefficient (Wildman–Crippen LogP) is 1.09. The number of hydrogen-bond donors (Lipinski definition) is 2. The maximum Gasteiger partial charge on any atom is 0.0791 e. The van der Waals surface area contributed by atoms with Crippen LogP contribution in [0.25, 0.3) is 0 Å². The number of piperidine rings is 1. The van der Waals surface area contributed by atoms with E-state index in [-0.39, 0.29) is 11.7 Å². The highest BCUT2D eigenvalue weighted by atomic mass is 16.5. The van der Waals surface area contributed by atoms with Gasteiger partial charge in [0.25, 0.3) is 0 Å². The quantitative estimate of drug-likeness (QED) is 0.717. The molecule has 2 unspecified atom stereocenters. The van der Waals surface area contributed by atoms with Crippen molar-refractivity contribution < 1.29 is 9.84 Å². The van der Waals surface area contributed by atoms with Crippen LogP contribution in [0.2, 0.25) is 0 Å². The van der Waals surface area contributed by atoms with Crippen molar-refractivity contribution >= 4 is 0 Å². The third kappa shape index (κ3) is 5.65. The number of ether oxygens (including phenoxy) is 1. The molecule has 2 N–H and O–H groups in total. The molecule has 0 aliphatic carbocycles. The van der Waals surface area contributed by atoms with Crippen LogP contribution in [-0.4, -0.2) is 61.5 Å². The molecule has 1 saturated heterocycles. The molecular weight excluding hydrogens is 228 g/mol. The van der Waals surface area contributed by atoms with E-state index in [4.69, 9.17) is 4.74 Å². The molecular formula is C14H30N2O2. The minimum Gasteiger partial charge on any atom is -0.390 e. The Morgan fingerprint density at radius 1 is 1.39 bits per heavy atom. The summed E-state index contributed by atoms with van der Waals surface area (Å²) in [7, 11) is 1.78. The van der Waals surface area contributed by atoms with E-state index in [2.05, 4.69) is 31.0 Å². The van der Waals surface area contributed by atoms with Crippen molar-refractivity contribution in [1.82, 2.24) is 10.2 Å². The Morgan fingerprint density at radius 3 is 2.72 bits per heavy atom.